The van der Waals surface area contributed by atoms with Crippen molar-refractivity contribution < 1.29 is 14.6 Å². The van der Waals surface area contributed by atoms with Crippen molar-refractivity contribution in [3.05, 3.63) is 47.9 Å². The summed E-state index contributed by atoms with van der Waals surface area (Å²) >= 11 is 0. The molecule has 1 N–H and O–H groups in total. The number of aromatic nitrogens is 3. The van der Waals surface area contributed by atoms with Crippen LogP contribution in [-0.4, -0.2) is 34.1 Å². The summed E-state index contributed by atoms with van der Waals surface area (Å²) in [5, 5.41) is 14.9. The Kier molecular flexibility index (Phi) is 3.93. The zero-order chi connectivity index (χ0) is 15.5. The zero-order valence-electron chi connectivity index (χ0n) is 12.5. The highest BCUT2D eigenvalue weighted by Crippen LogP contribution is 2.33. The monoisotopic (exact) mass is 299 g/mol. The van der Waals surface area contributed by atoms with Gasteiger partial charge in [0, 0.05) is 23.8 Å². The minimum Gasteiger partial charge on any atom is -0.493 e. The summed E-state index contributed by atoms with van der Waals surface area (Å²) in [4.78, 5) is 4.01. The van der Waals surface area contributed by atoms with E-state index in [4.69, 9.17) is 9.47 Å². The molecule has 0 aliphatic rings. The molecular formula is C16H17N3O3. The lowest BCUT2D eigenvalue weighted by atomic mass is 10.2. The van der Waals surface area contributed by atoms with E-state index in [1.54, 1.807) is 26.6 Å². The molecule has 0 radical (unpaired) electrons. The molecule has 0 fully saturated rings. The van der Waals surface area contributed by atoms with Gasteiger partial charge in [-0.15, -0.1) is 0 Å². The third-order valence-electron chi connectivity index (χ3n) is 3.56. The molecular weight excluding hydrogens is 282 g/mol. The van der Waals surface area contributed by atoms with E-state index in [0.717, 1.165) is 16.5 Å². The maximum atomic E-state index is 9.55. The standard InChI is InChI=1S/C16H17N3O3/c1-21-15-7-12-13(10-20)18-19(14(12)8-16(15)22-2)9-11-3-5-17-6-4-11/h3-8,20H,9-10H2,1-2H3. The zero-order valence-corrected chi connectivity index (χ0v) is 12.5. The average Bonchev–Trinajstić information content (AvgIpc) is 2.91. The third kappa shape index (κ3) is 2.48. The highest BCUT2D eigenvalue weighted by atomic mass is 16.5. The molecule has 3 rings (SSSR count). The van der Waals surface area contributed by atoms with Gasteiger partial charge < -0.3 is 14.6 Å². The SMILES string of the molecule is COc1cc2c(CO)nn(Cc3ccncc3)c2cc1OC. The van der Waals surface area contributed by atoms with E-state index in [1.807, 2.05) is 28.9 Å². The first kappa shape index (κ1) is 14.3. The normalized spacial score (nSPS) is 10.9. The number of hydrogen-bond acceptors (Lipinski definition) is 5. The van der Waals surface area contributed by atoms with Crippen molar-refractivity contribution in [1.29, 1.82) is 0 Å². The minimum atomic E-state index is -0.130. The number of methoxy groups -OCH3 is 2. The van der Waals surface area contributed by atoms with Gasteiger partial charge in [-0.05, 0) is 23.8 Å². The molecule has 2 heterocycles. The van der Waals surface area contributed by atoms with Gasteiger partial charge in [-0.25, -0.2) is 0 Å². The second kappa shape index (κ2) is 6.03. The predicted molar refractivity (Wildman–Crippen MR) is 82.1 cm³/mol. The average molecular weight is 299 g/mol. The van der Waals surface area contributed by atoms with E-state index < -0.39 is 0 Å². The van der Waals surface area contributed by atoms with E-state index in [2.05, 4.69) is 10.1 Å². The van der Waals surface area contributed by atoms with Crippen molar-refractivity contribution in [3.8, 4) is 11.5 Å². The van der Waals surface area contributed by atoms with E-state index >= 15 is 0 Å². The lowest BCUT2D eigenvalue weighted by molar-refractivity contribution is 0.276. The maximum Gasteiger partial charge on any atom is 0.162 e. The molecule has 0 atom stereocenters. The Balaban J connectivity index is 2.14. The Morgan fingerprint density at radius 3 is 2.41 bits per heavy atom. The molecule has 0 bridgehead atoms. The minimum absolute atomic E-state index is 0.130. The number of rotatable bonds is 5. The van der Waals surface area contributed by atoms with Gasteiger partial charge in [-0.1, -0.05) is 0 Å². The molecule has 0 aliphatic heterocycles. The van der Waals surface area contributed by atoms with Gasteiger partial charge in [0.2, 0.25) is 0 Å². The quantitative estimate of drug-likeness (QED) is 0.780. The highest BCUT2D eigenvalue weighted by Gasteiger charge is 2.15. The number of hydrogen-bond donors (Lipinski definition) is 1. The molecule has 114 valence electrons. The van der Waals surface area contributed by atoms with Crippen molar-refractivity contribution in [2.75, 3.05) is 14.2 Å². The van der Waals surface area contributed by atoms with Crippen LogP contribution in [0.3, 0.4) is 0 Å². The number of fused-ring (bicyclic) bond motifs is 1. The molecule has 0 spiro atoms. The molecule has 3 aromatic rings. The van der Waals surface area contributed by atoms with E-state index in [9.17, 15) is 5.11 Å². The first-order chi connectivity index (χ1) is 10.8. The van der Waals surface area contributed by atoms with Crippen LogP contribution in [0.5, 0.6) is 11.5 Å². The molecule has 0 saturated heterocycles. The molecule has 0 saturated carbocycles. The second-order valence-corrected chi connectivity index (χ2v) is 4.84. The van der Waals surface area contributed by atoms with Crippen molar-refractivity contribution in [1.82, 2.24) is 14.8 Å². The van der Waals surface area contributed by atoms with Crippen LogP contribution in [0.25, 0.3) is 10.9 Å². The summed E-state index contributed by atoms with van der Waals surface area (Å²) < 4.78 is 12.5. The van der Waals surface area contributed by atoms with Crippen LogP contribution < -0.4 is 9.47 Å². The van der Waals surface area contributed by atoms with Crippen LogP contribution in [0, 0.1) is 0 Å². The fourth-order valence-corrected chi connectivity index (χ4v) is 2.46. The molecule has 0 unspecified atom stereocenters. The lowest BCUT2D eigenvalue weighted by Gasteiger charge is -2.09. The van der Waals surface area contributed by atoms with Crippen molar-refractivity contribution in [3.63, 3.8) is 0 Å². The Morgan fingerprint density at radius 1 is 1.09 bits per heavy atom. The first-order valence-electron chi connectivity index (χ1n) is 6.88. The summed E-state index contributed by atoms with van der Waals surface area (Å²) in [6, 6.07) is 7.59. The topological polar surface area (TPSA) is 69.4 Å². The van der Waals surface area contributed by atoms with Gasteiger partial charge in [0.05, 0.1) is 38.6 Å². The predicted octanol–water partition coefficient (Wildman–Crippen LogP) is 1.99. The largest absolute Gasteiger partial charge is 0.493 e. The molecule has 1 aromatic carbocycles. The molecule has 22 heavy (non-hydrogen) atoms. The molecule has 6 heteroatoms. The molecule has 0 amide bonds. The van der Waals surface area contributed by atoms with Crippen LogP contribution in [0.15, 0.2) is 36.7 Å². The number of ether oxygens (including phenoxy) is 2. The van der Waals surface area contributed by atoms with E-state index in [0.29, 0.717) is 23.7 Å². The van der Waals surface area contributed by atoms with Crippen molar-refractivity contribution >= 4 is 10.9 Å². The van der Waals surface area contributed by atoms with Gasteiger partial charge in [-0.2, -0.15) is 5.10 Å². The fourth-order valence-electron chi connectivity index (χ4n) is 2.46. The van der Waals surface area contributed by atoms with Crippen LogP contribution in [0.4, 0.5) is 0 Å². The Labute approximate surface area is 127 Å². The van der Waals surface area contributed by atoms with Crippen LogP contribution in [-0.2, 0) is 13.2 Å². The maximum absolute atomic E-state index is 9.55. The summed E-state index contributed by atoms with van der Waals surface area (Å²) in [7, 11) is 3.18. The van der Waals surface area contributed by atoms with Gasteiger partial charge in [0.1, 0.15) is 0 Å². The van der Waals surface area contributed by atoms with Gasteiger partial charge >= 0.3 is 0 Å². The Morgan fingerprint density at radius 2 is 1.77 bits per heavy atom. The third-order valence-corrected chi connectivity index (χ3v) is 3.56. The van der Waals surface area contributed by atoms with Crippen LogP contribution in [0.2, 0.25) is 0 Å². The number of benzene rings is 1. The van der Waals surface area contributed by atoms with Crippen LogP contribution >= 0.6 is 0 Å². The molecule has 2 aromatic heterocycles. The summed E-state index contributed by atoms with van der Waals surface area (Å²) in [5.41, 5.74) is 2.59. The Bertz CT molecular complexity index is 784. The van der Waals surface area contributed by atoms with Crippen LogP contribution in [0.1, 0.15) is 11.3 Å². The summed E-state index contributed by atoms with van der Waals surface area (Å²) in [6.45, 7) is 0.462. The van der Waals surface area contributed by atoms with Crippen molar-refractivity contribution in [2.24, 2.45) is 0 Å². The molecule has 0 aliphatic carbocycles. The molecule has 6 nitrogen and oxygen atoms in total. The highest BCUT2D eigenvalue weighted by molar-refractivity contribution is 5.85. The second-order valence-electron chi connectivity index (χ2n) is 4.84. The first-order valence-corrected chi connectivity index (χ1v) is 6.88. The van der Waals surface area contributed by atoms with E-state index in [1.165, 1.54) is 0 Å². The number of aliphatic hydroxyl groups excluding tert-OH is 1. The number of nitrogens with zero attached hydrogens (tertiary/aromatic N) is 3. The van der Waals surface area contributed by atoms with Crippen molar-refractivity contribution in [2.45, 2.75) is 13.2 Å². The Hall–Kier alpha value is -2.60. The number of pyridine rings is 1. The summed E-state index contributed by atoms with van der Waals surface area (Å²) in [6.07, 6.45) is 3.50. The number of aliphatic hydroxyl groups is 1. The van der Waals surface area contributed by atoms with Gasteiger partial charge in [-0.3, -0.25) is 9.67 Å². The van der Waals surface area contributed by atoms with E-state index in [-0.39, 0.29) is 6.61 Å². The lowest BCUT2D eigenvalue weighted by Crippen LogP contribution is -2.02. The fraction of sp³-hybridized carbons (Fsp3) is 0.250. The van der Waals surface area contributed by atoms with Gasteiger partial charge in [0.25, 0.3) is 0 Å². The van der Waals surface area contributed by atoms with Gasteiger partial charge in [0.15, 0.2) is 11.5 Å². The summed E-state index contributed by atoms with van der Waals surface area (Å²) in [5.74, 6) is 1.25. The smallest absolute Gasteiger partial charge is 0.162 e.